The van der Waals surface area contributed by atoms with Crippen LogP contribution in [0.1, 0.15) is 19.3 Å². The molecular weight excluding hydrogens is 539 g/mol. The zero-order chi connectivity index (χ0) is 28.4. The molecule has 6 rings (SSSR count). The number of ether oxygens (including phenoxy) is 1. The van der Waals surface area contributed by atoms with Crippen LogP contribution >= 0.6 is 0 Å². The number of aliphatic hydroxyl groups is 1. The number of piperidine rings is 1. The molecule has 1 unspecified atom stereocenters. The Hall–Kier alpha value is -3.68. The Morgan fingerprint density at radius 1 is 1.23 bits per heavy atom. The van der Waals surface area contributed by atoms with Crippen molar-refractivity contribution in [1.82, 2.24) is 14.5 Å². The molecule has 2 aromatic heterocycles. The van der Waals surface area contributed by atoms with Crippen molar-refractivity contribution in [1.29, 1.82) is 0 Å². The summed E-state index contributed by atoms with van der Waals surface area (Å²) in [4.78, 5) is 22.6. The van der Waals surface area contributed by atoms with Crippen LogP contribution in [0.25, 0.3) is 10.9 Å². The summed E-state index contributed by atoms with van der Waals surface area (Å²) in [5.41, 5.74) is 0.348. The van der Waals surface area contributed by atoms with E-state index >= 15 is 0 Å². The maximum Gasteiger partial charge on any atom is 0.301 e. The van der Waals surface area contributed by atoms with E-state index in [4.69, 9.17) is 4.74 Å². The van der Waals surface area contributed by atoms with Crippen LogP contribution in [-0.2, 0) is 7.05 Å². The molecule has 0 spiro atoms. The molecular formula is C26H27F5N6O3. The summed E-state index contributed by atoms with van der Waals surface area (Å²) < 4.78 is 79.3. The lowest BCUT2D eigenvalue weighted by Gasteiger charge is -2.37. The number of nitrogens with zero attached hydrogens (tertiary/aromatic N) is 4. The number of fused-ring (bicyclic) bond motifs is 3. The molecule has 4 heterocycles. The van der Waals surface area contributed by atoms with E-state index in [0.717, 1.165) is 6.20 Å². The first-order valence-electron chi connectivity index (χ1n) is 13.0. The number of aliphatic hydroxyl groups excluding tert-OH is 1. The van der Waals surface area contributed by atoms with Crippen molar-refractivity contribution in [2.24, 2.45) is 18.9 Å². The minimum atomic E-state index is -3.19. The number of anilines is 4. The number of hydrogen-bond acceptors (Lipinski definition) is 8. The number of halogens is 5. The van der Waals surface area contributed by atoms with Crippen molar-refractivity contribution in [2.75, 3.05) is 41.8 Å². The number of aromatic nitrogens is 3. The van der Waals surface area contributed by atoms with Gasteiger partial charge in [0.15, 0.2) is 18.2 Å². The number of hydrogen-bond donors (Lipinski definition) is 3. The molecule has 0 radical (unpaired) electrons. The van der Waals surface area contributed by atoms with Crippen molar-refractivity contribution in [3.8, 4) is 5.75 Å². The number of benzene rings is 1. The van der Waals surface area contributed by atoms with Gasteiger partial charge in [-0.2, -0.15) is 4.98 Å². The molecule has 0 amide bonds. The lowest BCUT2D eigenvalue weighted by atomic mass is 9.94. The highest BCUT2D eigenvalue weighted by Crippen LogP contribution is 2.45. The largest absolute Gasteiger partial charge is 0.480 e. The van der Waals surface area contributed by atoms with E-state index in [1.54, 1.807) is 18.2 Å². The highest BCUT2D eigenvalue weighted by molar-refractivity contribution is 5.97. The third kappa shape index (κ3) is 4.57. The second-order valence-electron chi connectivity index (χ2n) is 10.6. The molecule has 3 aliphatic rings. The molecule has 3 N–H and O–H groups in total. The van der Waals surface area contributed by atoms with Gasteiger partial charge in [-0.05, 0) is 37.0 Å². The van der Waals surface area contributed by atoms with Crippen LogP contribution in [0.5, 0.6) is 5.75 Å². The third-order valence-corrected chi connectivity index (χ3v) is 7.86. The normalized spacial score (nSPS) is 23.6. The van der Waals surface area contributed by atoms with Gasteiger partial charge in [0.25, 0.3) is 11.5 Å². The standard InChI is InChI=1S/C26H27F5N6O3/c1-36-18-5-4-15(8-16(18)19-20(23(36)39)40-12-26(30,31)21(34-19)13-2-3-13)33-22-17(27)9-32-24(35-22)37-7-6-25(28,29)14(10-37)11-38/h4-5,8-9,13-14,21,34,38H,2-3,6-7,10-12H2,1H3,(H,32,33,35)/t14?,21-/m0/s1. The molecule has 2 fully saturated rings. The Labute approximate surface area is 225 Å². The minimum absolute atomic E-state index is 0.0134. The molecule has 1 aromatic carbocycles. The summed E-state index contributed by atoms with van der Waals surface area (Å²) in [5, 5.41) is 15.5. The smallest absolute Gasteiger partial charge is 0.301 e. The van der Waals surface area contributed by atoms with Gasteiger partial charge in [-0.15, -0.1) is 0 Å². The van der Waals surface area contributed by atoms with Crippen molar-refractivity contribution in [3.63, 3.8) is 0 Å². The minimum Gasteiger partial charge on any atom is -0.480 e. The number of alkyl halides is 4. The van der Waals surface area contributed by atoms with Crippen molar-refractivity contribution in [3.05, 3.63) is 40.6 Å². The van der Waals surface area contributed by atoms with Gasteiger partial charge < -0.3 is 29.9 Å². The van der Waals surface area contributed by atoms with Crippen molar-refractivity contribution in [2.45, 2.75) is 37.1 Å². The molecule has 1 saturated heterocycles. The highest BCUT2D eigenvalue weighted by Gasteiger charge is 2.51. The van der Waals surface area contributed by atoms with Crippen LogP contribution in [0.4, 0.5) is 45.1 Å². The van der Waals surface area contributed by atoms with Gasteiger partial charge in [-0.25, -0.2) is 26.9 Å². The van der Waals surface area contributed by atoms with E-state index in [1.165, 1.54) is 16.5 Å². The van der Waals surface area contributed by atoms with Crippen LogP contribution in [0.2, 0.25) is 0 Å². The average molecular weight is 567 g/mol. The molecule has 0 bridgehead atoms. The third-order valence-electron chi connectivity index (χ3n) is 7.86. The molecule has 2 atom stereocenters. The van der Waals surface area contributed by atoms with Crippen LogP contribution < -0.4 is 25.8 Å². The fraction of sp³-hybridized carbons (Fsp3) is 0.500. The summed E-state index contributed by atoms with van der Waals surface area (Å²) >= 11 is 0. The Kier molecular flexibility index (Phi) is 6.28. The monoisotopic (exact) mass is 566 g/mol. The van der Waals surface area contributed by atoms with Gasteiger partial charge >= 0.3 is 5.92 Å². The molecule has 14 heteroatoms. The molecule has 214 valence electrons. The summed E-state index contributed by atoms with van der Waals surface area (Å²) in [6.45, 7) is -1.93. The molecule has 1 aliphatic carbocycles. The molecule has 2 aliphatic heterocycles. The van der Waals surface area contributed by atoms with Gasteiger partial charge in [0.2, 0.25) is 11.7 Å². The molecule has 40 heavy (non-hydrogen) atoms. The predicted molar refractivity (Wildman–Crippen MR) is 137 cm³/mol. The predicted octanol–water partition coefficient (Wildman–Crippen LogP) is 3.88. The van der Waals surface area contributed by atoms with Crippen LogP contribution in [0, 0.1) is 17.7 Å². The zero-order valence-electron chi connectivity index (χ0n) is 21.4. The van der Waals surface area contributed by atoms with Gasteiger partial charge in [-0.1, -0.05) is 0 Å². The lowest BCUT2D eigenvalue weighted by molar-refractivity contribution is -0.0881. The first kappa shape index (κ1) is 26.5. The van der Waals surface area contributed by atoms with Gasteiger partial charge in [0, 0.05) is 37.6 Å². The van der Waals surface area contributed by atoms with Gasteiger partial charge in [0.05, 0.1) is 36.0 Å². The van der Waals surface area contributed by atoms with Gasteiger partial charge in [-0.3, -0.25) is 4.79 Å². The maximum atomic E-state index is 14.9. The van der Waals surface area contributed by atoms with E-state index in [2.05, 4.69) is 20.6 Å². The van der Waals surface area contributed by atoms with E-state index in [9.17, 15) is 31.9 Å². The molecule has 9 nitrogen and oxygen atoms in total. The van der Waals surface area contributed by atoms with Crippen molar-refractivity contribution < 1.29 is 31.8 Å². The summed E-state index contributed by atoms with van der Waals surface area (Å²) in [7, 11) is 1.50. The lowest BCUT2D eigenvalue weighted by Crippen LogP contribution is -2.49. The van der Waals surface area contributed by atoms with E-state index in [-0.39, 0.29) is 42.2 Å². The quantitative estimate of drug-likeness (QED) is 0.400. The first-order valence-corrected chi connectivity index (χ1v) is 13.0. The average Bonchev–Trinajstić information content (AvgIpc) is 3.76. The number of rotatable bonds is 5. The van der Waals surface area contributed by atoms with E-state index < -0.39 is 54.8 Å². The Bertz CT molecular complexity index is 1530. The SMILES string of the molecule is Cn1c(=O)c2c(c3cc(Nc4nc(N5CCC(F)(F)C(CO)C5)ncc4F)ccc31)N[C@@H](C1CC1)C(F)(F)CO2. The summed E-state index contributed by atoms with van der Waals surface area (Å²) in [6.07, 6.45) is 1.69. The van der Waals surface area contributed by atoms with Gasteiger partial charge in [0.1, 0.15) is 0 Å². The van der Waals surface area contributed by atoms with Crippen LogP contribution in [0.3, 0.4) is 0 Å². The Morgan fingerprint density at radius 2 is 2.00 bits per heavy atom. The second kappa shape index (κ2) is 9.46. The number of aryl methyl sites for hydroxylation is 1. The van der Waals surface area contributed by atoms with Crippen LogP contribution in [0.15, 0.2) is 29.2 Å². The zero-order valence-corrected chi connectivity index (χ0v) is 21.4. The van der Waals surface area contributed by atoms with E-state index in [0.29, 0.717) is 29.4 Å². The fourth-order valence-electron chi connectivity index (χ4n) is 5.37. The van der Waals surface area contributed by atoms with Crippen LogP contribution in [-0.4, -0.2) is 63.8 Å². The number of pyridine rings is 1. The van der Waals surface area contributed by atoms with Crippen molar-refractivity contribution >= 4 is 34.0 Å². The molecule has 1 saturated carbocycles. The van der Waals surface area contributed by atoms with E-state index in [1.807, 2.05) is 0 Å². The maximum absolute atomic E-state index is 14.9. The highest BCUT2D eigenvalue weighted by atomic mass is 19.3. The topological polar surface area (TPSA) is 105 Å². The second-order valence-corrected chi connectivity index (χ2v) is 10.6. The summed E-state index contributed by atoms with van der Waals surface area (Å²) in [6, 6.07) is 3.53. The Morgan fingerprint density at radius 3 is 2.73 bits per heavy atom. The number of nitrogens with one attached hydrogen (secondary N) is 2. The first-order chi connectivity index (χ1) is 19.0. The molecule has 3 aromatic rings. The Balaban J connectivity index is 1.35. The summed E-state index contributed by atoms with van der Waals surface area (Å²) in [5.74, 6) is -9.03. The fourth-order valence-corrected chi connectivity index (χ4v) is 5.37.